The number of carbonyl (C=O) groups excluding carboxylic acids is 1. The number of nitrogens with zero attached hydrogens (tertiary/aromatic N) is 5. The number of fused-ring (bicyclic) bond motifs is 1. The second-order valence-electron chi connectivity index (χ2n) is 11.0. The highest BCUT2D eigenvalue weighted by atomic mass is 31.2. The Hall–Kier alpha value is -3.97. The van der Waals surface area contributed by atoms with Gasteiger partial charge in [-0.1, -0.05) is 26.7 Å². The summed E-state index contributed by atoms with van der Waals surface area (Å²) >= 11 is 0. The first-order valence-electron chi connectivity index (χ1n) is 15.4. The summed E-state index contributed by atoms with van der Waals surface area (Å²) in [6.45, 7) is 7.58. The zero-order valence-electron chi connectivity index (χ0n) is 26.6. The van der Waals surface area contributed by atoms with E-state index in [-0.39, 0.29) is 29.8 Å². The number of aliphatic hydroxyl groups is 2. The molecule has 0 bridgehead atoms. The number of anilines is 2. The molecule has 0 amide bonds. The van der Waals surface area contributed by atoms with E-state index in [0.29, 0.717) is 31.8 Å². The quantitative estimate of drug-likeness (QED) is 0.0919. The van der Waals surface area contributed by atoms with Crippen LogP contribution in [0.2, 0.25) is 0 Å². The molecule has 0 saturated carbocycles. The molecule has 0 spiro atoms. The summed E-state index contributed by atoms with van der Waals surface area (Å²) in [6.07, 6.45) is -0.641. The molecule has 1 unspecified atom stereocenters. The largest absolute Gasteiger partial charge is 0.464 e. The topological polar surface area (TPSA) is 216 Å². The van der Waals surface area contributed by atoms with E-state index in [2.05, 4.69) is 20.1 Å². The van der Waals surface area contributed by atoms with E-state index in [0.717, 1.165) is 18.5 Å². The third kappa shape index (κ3) is 9.32. The van der Waals surface area contributed by atoms with Crippen LogP contribution in [-0.4, -0.2) is 88.5 Å². The Balaban J connectivity index is 1.52. The van der Waals surface area contributed by atoms with Gasteiger partial charge in [0.25, 0.3) is 6.26 Å². The number of nitrogens with two attached hydrogens (primary N) is 1. The van der Waals surface area contributed by atoms with Crippen LogP contribution in [0, 0.1) is 17.4 Å². The summed E-state index contributed by atoms with van der Waals surface area (Å²) < 4.78 is 42.8. The maximum atomic E-state index is 14.2. The van der Waals surface area contributed by atoms with Gasteiger partial charge in [0, 0.05) is 18.8 Å². The Labute approximate surface area is 272 Å². The average Bonchev–Trinajstić information content (AvgIpc) is 3.52. The third-order valence-corrected chi connectivity index (χ3v) is 9.53. The van der Waals surface area contributed by atoms with Crippen molar-refractivity contribution in [3.63, 3.8) is 0 Å². The molecule has 3 aromatic rings. The molecular weight excluding hydrogens is 633 g/mol. The first kappa shape index (κ1) is 35.9. The van der Waals surface area contributed by atoms with Crippen LogP contribution < -0.4 is 20.2 Å². The van der Waals surface area contributed by atoms with Crippen molar-refractivity contribution in [2.75, 3.05) is 50.2 Å². The molecule has 1 aliphatic rings. The fourth-order valence-electron chi connectivity index (χ4n) is 4.92. The Morgan fingerprint density at radius 2 is 1.85 bits per heavy atom. The lowest BCUT2D eigenvalue weighted by molar-refractivity contribution is -0.146. The zero-order valence-corrected chi connectivity index (χ0v) is 27.5. The average molecular weight is 676 g/mol. The summed E-state index contributed by atoms with van der Waals surface area (Å²) in [5.74, 6) is -0.192. The van der Waals surface area contributed by atoms with Crippen molar-refractivity contribution >= 4 is 30.7 Å². The molecule has 4 rings (SSSR count). The van der Waals surface area contributed by atoms with Crippen molar-refractivity contribution in [2.24, 2.45) is 5.92 Å². The minimum atomic E-state index is -4.42. The molecule has 256 valence electrons. The van der Waals surface area contributed by atoms with Crippen LogP contribution in [0.25, 0.3) is 5.52 Å². The number of morpholine rings is 1. The van der Waals surface area contributed by atoms with Crippen molar-refractivity contribution in [1.82, 2.24) is 19.7 Å². The lowest BCUT2D eigenvalue weighted by atomic mass is 10.1. The summed E-state index contributed by atoms with van der Waals surface area (Å²) in [5.41, 5.74) is 7.29. The van der Waals surface area contributed by atoms with E-state index in [4.69, 9.17) is 29.0 Å². The number of carbonyl (C=O) groups is 1. The molecule has 17 heteroatoms. The standard InChI is InChI=1S/C30H42N7O9P/c1-4-21(5-2)16-43-30(40)20(3)35-47(41,46-23-8-6-22(7-9-23)36-12-14-42-15-13-36)45-17-26(44-18-31)28(39)27(38)24-10-11-25-29(32)33-19-34-37(24)25/h6-11,19-21,26-28,38-39H,4-5,12-17H2,1-3H3,(H,35,41)(H2,32,33,34)/t20-,26+,27-,28+,47?/m0/s1. The molecule has 47 heavy (non-hydrogen) atoms. The second kappa shape index (κ2) is 16.7. The van der Waals surface area contributed by atoms with Crippen molar-refractivity contribution in [2.45, 2.75) is 58.0 Å². The van der Waals surface area contributed by atoms with Crippen molar-refractivity contribution in [3.05, 3.63) is 48.4 Å². The van der Waals surface area contributed by atoms with Crippen LogP contribution in [0.15, 0.2) is 42.7 Å². The number of hydrogen-bond acceptors (Lipinski definition) is 14. The van der Waals surface area contributed by atoms with E-state index in [1.54, 1.807) is 30.3 Å². The van der Waals surface area contributed by atoms with Crippen LogP contribution in [0.4, 0.5) is 11.5 Å². The van der Waals surface area contributed by atoms with Crippen molar-refractivity contribution < 1.29 is 42.8 Å². The number of rotatable bonds is 17. The van der Waals surface area contributed by atoms with Gasteiger partial charge in [-0.2, -0.15) is 15.4 Å². The third-order valence-electron chi connectivity index (χ3n) is 7.89. The Kier molecular flexibility index (Phi) is 12.8. The van der Waals surface area contributed by atoms with Gasteiger partial charge in [-0.15, -0.1) is 0 Å². The summed E-state index contributed by atoms with van der Waals surface area (Å²) in [4.78, 5) is 18.9. The smallest absolute Gasteiger partial charge is 0.459 e. The first-order valence-corrected chi connectivity index (χ1v) is 16.9. The molecule has 1 aromatic carbocycles. The fraction of sp³-hybridized carbons (Fsp3) is 0.533. The Bertz CT molecular complexity index is 1540. The fourth-order valence-corrected chi connectivity index (χ4v) is 6.43. The van der Waals surface area contributed by atoms with Gasteiger partial charge < -0.3 is 39.6 Å². The van der Waals surface area contributed by atoms with E-state index >= 15 is 0 Å². The SMILES string of the molecule is CCC(CC)COC(=O)[C@H](C)NP(=O)(OC[C@@H](OC#N)[C@@H](O)[C@@H](O)c1ccc2c(N)ncnn12)Oc1ccc(N2CCOCC2)cc1. The molecule has 5 N–H and O–H groups in total. The highest BCUT2D eigenvalue weighted by Gasteiger charge is 2.37. The van der Waals surface area contributed by atoms with Gasteiger partial charge in [0.1, 0.15) is 35.8 Å². The van der Waals surface area contributed by atoms with Gasteiger partial charge in [-0.3, -0.25) is 9.32 Å². The molecule has 1 saturated heterocycles. The summed E-state index contributed by atoms with van der Waals surface area (Å²) in [6, 6.07) is 8.68. The monoisotopic (exact) mass is 675 g/mol. The maximum Gasteiger partial charge on any atom is 0.459 e. The normalized spacial score (nSPS) is 17.3. The molecule has 2 aromatic heterocycles. The summed E-state index contributed by atoms with van der Waals surface area (Å²) in [7, 11) is -4.42. The van der Waals surface area contributed by atoms with Gasteiger partial charge >= 0.3 is 13.7 Å². The highest BCUT2D eigenvalue weighted by Crippen LogP contribution is 2.46. The minimum Gasteiger partial charge on any atom is -0.464 e. The Morgan fingerprint density at radius 3 is 2.51 bits per heavy atom. The van der Waals surface area contributed by atoms with E-state index in [1.165, 1.54) is 30.1 Å². The molecule has 1 fully saturated rings. The predicted molar refractivity (Wildman–Crippen MR) is 170 cm³/mol. The number of ether oxygens (including phenoxy) is 3. The van der Waals surface area contributed by atoms with E-state index in [9.17, 15) is 24.8 Å². The number of esters is 1. The predicted octanol–water partition coefficient (Wildman–Crippen LogP) is 2.57. The zero-order chi connectivity index (χ0) is 34.0. The van der Waals surface area contributed by atoms with Crippen LogP contribution in [-0.2, 0) is 28.1 Å². The minimum absolute atomic E-state index is 0.125. The van der Waals surface area contributed by atoms with Gasteiger partial charge in [0.2, 0.25) is 0 Å². The van der Waals surface area contributed by atoms with Gasteiger partial charge in [-0.05, 0) is 49.2 Å². The van der Waals surface area contributed by atoms with Gasteiger partial charge in [-0.25, -0.2) is 14.1 Å². The number of hydrogen-bond donors (Lipinski definition) is 4. The van der Waals surface area contributed by atoms with Gasteiger partial charge in [0.15, 0.2) is 11.9 Å². The second-order valence-corrected chi connectivity index (χ2v) is 12.7. The molecule has 5 atom stereocenters. The highest BCUT2D eigenvalue weighted by molar-refractivity contribution is 7.52. The molecule has 3 heterocycles. The molecular formula is C30H42N7O9P. The van der Waals surface area contributed by atoms with E-state index in [1.807, 2.05) is 13.8 Å². The number of nitriles is 1. The lowest BCUT2D eigenvalue weighted by Crippen LogP contribution is -2.39. The number of aromatic nitrogens is 3. The molecule has 1 aliphatic heterocycles. The van der Waals surface area contributed by atoms with Gasteiger partial charge in [0.05, 0.1) is 32.1 Å². The lowest BCUT2D eigenvalue weighted by Gasteiger charge is -2.29. The summed E-state index contributed by atoms with van der Waals surface area (Å²) in [5, 5.41) is 38.0. The van der Waals surface area contributed by atoms with Crippen LogP contribution in [0.3, 0.4) is 0 Å². The molecule has 0 aliphatic carbocycles. The van der Waals surface area contributed by atoms with Crippen LogP contribution >= 0.6 is 7.75 Å². The van der Waals surface area contributed by atoms with Crippen LogP contribution in [0.5, 0.6) is 5.75 Å². The molecule has 0 radical (unpaired) electrons. The van der Waals surface area contributed by atoms with Crippen LogP contribution in [0.1, 0.15) is 45.4 Å². The first-order chi connectivity index (χ1) is 22.6. The van der Waals surface area contributed by atoms with Crippen molar-refractivity contribution in [1.29, 1.82) is 5.26 Å². The van der Waals surface area contributed by atoms with E-state index < -0.39 is 44.7 Å². The number of nitrogen functional groups attached to an aromatic ring is 1. The number of benzene rings is 1. The maximum absolute atomic E-state index is 14.2. The Morgan fingerprint density at radius 1 is 1.15 bits per heavy atom. The van der Waals surface area contributed by atoms with Crippen molar-refractivity contribution in [3.8, 4) is 12.0 Å². The number of aliphatic hydroxyl groups excluding tert-OH is 2. The molecule has 16 nitrogen and oxygen atoms in total. The number of nitrogens with one attached hydrogen (secondary N) is 1.